The predicted octanol–water partition coefficient (Wildman–Crippen LogP) is 3.31. The van der Waals surface area contributed by atoms with E-state index in [1.54, 1.807) is 0 Å². The van der Waals surface area contributed by atoms with Gasteiger partial charge in [-0.1, -0.05) is 6.07 Å². The van der Waals surface area contributed by atoms with Crippen LogP contribution in [0.2, 0.25) is 0 Å². The monoisotopic (exact) mass is 271 g/mol. The zero-order chi connectivity index (χ0) is 14.1. The molecule has 20 heavy (non-hydrogen) atoms. The summed E-state index contributed by atoms with van der Waals surface area (Å²) < 4.78 is 2.16. The molecule has 0 aliphatic carbocycles. The molecule has 1 saturated heterocycles. The van der Waals surface area contributed by atoms with Crippen LogP contribution in [-0.2, 0) is 6.42 Å². The summed E-state index contributed by atoms with van der Waals surface area (Å²) in [5.41, 5.74) is 3.60. The summed E-state index contributed by atoms with van der Waals surface area (Å²) >= 11 is 0. The van der Waals surface area contributed by atoms with Gasteiger partial charge in [-0.2, -0.15) is 0 Å². The lowest BCUT2D eigenvalue weighted by Gasteiger charge is -2.35. The van der Waals surface area contributed by atoms with Crippen molar-refractivity contribution in [2.75, 3.05) is 13.1 Å². The molecule has 2 aromatic heterocycles. The molecule has 0 amide bonds. The number of aryl methyl sites for hydroxylation is 1. The molecule has 3 rings (SSSR count). The highest BCUT2D eigenvalue weighted by Crippen LogP contribution is 2.22. The van der Waals surface area contributed by atoms with E-state index < -0.39 is 0 Å². The topological polar surface area (TPSA) is 20.5 Å². The Morgan fingerprint density at radius 3 is 2.95 bits per heavy atom. The number of rotatable bonds is 3. The second-order valence-corrected chi connectivity index (χ2v) is 6.51. The molecule has 0 N–H and O–H groups in total. The van der Waals surface area contributed by atoms with Gasteiger partial charge < -0.3 is 9.30 Å². The van der Waals surface area contributed by atoms with Gasteiger partial charge in [-0.25, -0.2) is 4.98 Å². The van der Waals surface area contributed by atoms with Crippen LogP contribution >= 0.6 is 0 Å². The quantitative estimate of drug-likeness (QED) is 0.854. The molecule has 1 aliphatic rings. The van der Waals surface area contributed by atoms with Crippen LogP contribution in [0.15, 0.2) is 24.5 Å². The molecular formula is C17H25N3. The third-order valence-corrected chi connectivity index (χ3v) is 4.43. The lowest BCUT2D eigenvalue weighted by molar-refractivity contribution is 0.139. The molecule has 3 heteroatoms. The highest BCUT2D eigenvalue weighted by atomic mass is 15.2. The maximum atomic E-state index is 4.76. The second-order valence-electron chi connectivity index (χ2n) is 6.51. The molecule has 0 aromatic carbocycles. The number of aromatic nitrogens is 2. The third kappa shape index (κ3) is 2.88. The number of imidazole rings is 1. The van der Waals surface area contributed by atoms with Crippen LogP contribution in [0.1, 0.15) is 37.9 Å². The number of pyridine rings is 1. The fourth-order valence-electron chi connectivity index (χ4n) is 3.28. The minimum absolute atomic E-state index is 0.668. The van der Waals surface area contributed by atoms with Crippen LogP contribution in [0.25, 0.3) is 5.65 Å². The number of hydrogen-bond donors (Lipinski definition) is 0. The van der Waals surface area contributed by atoms with Crippen molar-refractivity contribution in [3.05, 3.63) is 35.8 Å². The SMILES string of the molecule is Cc1ccc2nc(CC3CCCN(C(C)C)C3)cn2c1. The maximum Gasteiger partial charge on any atom is 0.136 e. The molecule has 1 aliphatic heterocycles. The van der Waals surface area contributed by atoms with Crippen molar-refractivity contribution in [1.29, 1.82) is 0 Å². The number of likely N-dealkylation sites (tertiary alicyclic amines) is 1. The molecule has 0 spiro atoms. The van der Waals surface area contributed by atoms with E-state index in [0.717, 1.165) is 18.0 Å². The Balaban J connectivity index is 1.72. The van der Waals surface area contributed by atoms with Gasteiger partial charge >= 0.3 is 0 Å². The van der Waals surface area contributed by atoms with Crippen molar-refractivity contribution < 1.29 is 0 Å². The van der Waals surface area contributed by atoms with Gasteiger partial charge in [-0.3, -0.25) is 0 Å². The first-order valence-electron chi connectivity index (χ1n) is 7.80. The average molecular weight is 271 g/mol. The highest BCUT2D eigenvalue weighted by Gasteiger charge is 2.22. The fraction of sp³-hybridized carbons (Fsp3) is 0.588. The minimum atomic E-state index is 0.668. The molecule has 2 aromatic rings. The van der Waals surface area contributed by atoms with E-state index in [1.165, 1.54) is 37.2 Å². The lowest BCUT2D eigenvalue weighted by Crippen LogP contribution is -2.40. The lowest BCUT2D eigenvalue weighted by atomic mass is 9.93. The Hall–Kier alpha value is -1.35. The van der Waals surface area contributed by atoms with Gasteiger partial charge in [0.2, 0.25) is 0 Å². The van der Waals surface area contributed by atoms with Crippen molar-refractivity contribution in [1.82, 2.24) is 14.3 Å². The zero-order valence-electron chi connectivity index (χ0n) is 12.8. The number of piperidine rings is 1. The molecule has 0 radical (unpaired) electrons. The molecule has 1 unspecified atom stereocenters. The Bertz CT molecular complexity index is 585. The Morgan fingerprint density at radius 2 is 2.15 bits per heavy atom. The largest absolute Gasteiger partial charge is 0.307 e. The van der Waals surface area contributed by atoms with Crippen LogP contribution in [0, 0.1) is 12.8 Å². The van der Waals surface area contributed by atoms with Crippen molar-refractivity contribution in [2.45, 2.75) is 46.1 Å². The van der Waals surface area contributed by atoms with Gasteiger partial charge in [0.05, 0.1) is 5.69 Å². The summed E-state index contributed by atoms with van der Waals surface area (Å²) in [6.45, 7) is 9.22. The van der Waals surface area contributed by atoms with Crippen LogP contribution in [-0.4, -0.2) is 33.4 Å². The standard InChI is InChI=1S/C17H25N3/c1-13(2)19-8-4-5-15(11-19)9-16-12-20-10-14(3)6-7-17(20)18-16/h6-7,10,12-13,15H,4-5,8-9,11H2,1-3H3. The number of fused-ring (bicyclic) bond motifs is 1. The number of hydrogen-bond acceptors (Lipinski definition) is 2. The molecule has 1 atom stereocenters. The minimum Gasteiger partial charge on any atom is -0.307 e. The van der Waals surface area contributed by atoms with Gasteiger partial charge in [0.1, 0.15) is 5.65 Å². The van der Waals surface area contributed by atoms with E-state index in [-0.39, 0.29) is 0 Å². The first-order valence-corrected chi connectivity index (χ1v) is 7.80. The van der Waals surface area contributed by atoms with E-state index in [1.807, 2.05) is 0 Å². The Labute approximate surface area is 121 Å². The fourth-order valence-corrected chi connectivity index (χ4v) is 3.28. The van der Waals surface area contributed by atoms with Crippen molar-refractivity contribution >= 4 is 5.65 Å². The van der Waals surface area contributed by atoms with Gasteiger partial charge in [-0.05, 0) is 64.1 Å². The second kappa shape index (κ2) is 5.57. The molecule has 1 fully saturated rings. The van der Waals surface area contributed by atoms with Crippen LogP contribution in [0.5, 0.6) is 0 Å². The van der Waals surface area contributed by atoms with E-state index >= 15 is 0 Å². The Kier molecular flexibility index (Phi) is 3.79. The van der Waals surface area contributed by atoms with Crippen LogP contribution in [0.4, 0.5) is 0 Å². The van der Waals surface area contributed by atoms with E-state index in [9.17, 15) is 0 Å². The van der Waals surface area contributed by atoms with E-state index in [2.05, 4.69) is 54.6 Å². The third-order valence-electron chi connectivity index (χ3n) is 4.43. The summed E-state index contributed by atoms with van der Waals surface area (Å²) in [5, 5.41) is 0. The summed E-state index contributed by atoms with van der Waals surface area (Å²) in [6, 6.07) is 4.91. The molecule has 3 nitrogen and oxygen atoms in total. The smallest absolute Gasteiger partial charge is 0.136 e. The van der Waals surface area contributed by atoms with Crippen LogP contribution < -0.4 is 0 Å². The molecule has 3 heterocycles. The zero-order valence-corrected chi connectivity index (χ0v) is 12.8. The molecule has 108 valence electrons. The molecule has 0 bridgehead atoms. The maximum absolute atomic E-state index is 4.76. The molecule has 0 saturated carbocycles. The van der Waals surface area contributed by atoms with Gasteiger partial charge in [0, 0.05) is 25.0 Å². The predicted molar refractivity (Wildman–Crippen MR) is 83.1 cm³/mol. The van der Waals surface area contributed by atoms with Crippen molar-refractivity contribution in [3.63, 3.8) is 0 Å². The first kappa shape index (κ1) is 13.6. The Morgan fingerprint density at radius 1 is 1.30 bits per heavy atom. The highest BCUT2D eigenvalue weighted by molar-refractivity contribution is 5.41. The summed E-state index contributed by atoms with van der Waals surface area (Å²) in [7, 11) is 0. The number of nitrogens with zero attached hydrogens (tertiary/aromatic N) is 3. The van der Waals surface area contributed by atoms with Crippen molar-refractivity contribution in [3.8, 4) is 0 Å². The van der Waals surface area contributed by atoms with E-state index in [4.69, 9.17) is 4.98 Å². The summed E-state index contributed by atoms with van der Waals surface area (Å²) in [6.07, 6.45) is 8.15. The average Bonchev–Trinajstić information content (AvgIpc) is 2.80. The van der Waals surface area contributed by atoms with Crippen LogP contribution in [0.3, 0.4) is 0 Å². The summed E-state index contributed by atoms with van der Waals surface area (Å²) in [5.74, 6) is 0.761. The van der Waals surface area contributed by atoms with E-state index in [0.29, 0.717) is 6.04 Å². The van der Waals surface area contributed by atoms with Gasteiger partial charge in [0.15, 0.2) is 0 Å². The summed E-state index contributed by atoms with van der Waals surface area (Å²) in [4.78, 5) is 7.37. The molecular weight excluding hydrogens is 246 g/mol. The van der Waals surface area contributed by atoms with Gasteiger partial charge in [0.25, 0.3) is 0 Å². The normalized spacial score (nSPS) is 20.9. The van der Waals surface area contributed by atoms with Crippen molar-refractivity contribution in [2.24, 2.45) is 5.92 Å². The van der Waals surface area contributed by atoms with Gasteiger partial charge in [-0.15, -0.1) is 0 Å². The first-order chi connectivity index (χ1) is 9.61.